The Labute approximate surface area is 158 Å². The molecule has 2 heterocycles. The molecule has 0 aliphatic heterocycles. The van der Waals surface area contributed by atoms with Crippen LogP contribution in [0.1, 0.15) is 12.0 Å². The van der Waals surface area contributed by atoms with Gasteiger partial charge in [0.25, 0.3) is 0 Å². The summed E-state index contributed by atoms with van der Waals surface area (Å²) in [5.41, 5.74) is 5.22. The number of hydrogen-bond acceptors (Lipinski definition) is 5. The fourth-order valence-corrected chi connectivity index (χ4v) is 3.30. The first kappa shape index (κ1) is 17.4. The molecule has 6 heteroatoms. The van der Waals surface area contributed by atoms with Gasteiger partial charge in [-0.1, -0.05) is 12.1 Å². The van der Waals surface area contributed by atoms with E-state index in [4.69, 9.17) is 0 Å². The van der Waals surface area contributed by atoms with E-state index in [1.54, 1.807) is 6.33 Å². The van der Waals surface area contributed by atoms with Crippen molar-refractivity contribution in [2.45, 2.75) is 19.9 Å². The van der Waals surface area contributed by atoms with E-state index in [9.17, 15) is 0 Å². The molecular weight excluding hydrogens is 336 g/mol. The SMILES string of the molecule is Cc1cccc(Nc2ncnc3cc4c(cc23)ncn4CCCN(C)C)c1. The zero-order chi connectivity index (χ0) is 18.8. The van der Waals surface area contributed by atoms with E-state index < -0.39 is 0 Å². The summed E-state index contributed by atoms with van der Waals surface area (Å²) in [5, 5.41) is 4.39. The minimum atomic E-state index is 0.801. The molecule has 0 saturated heterocycles. The van der Waals surface area contributed by atoms with Gasteiger partial charge in [0.05, 0.1) is 22.9 Å². The zero-order valence-corrected chi connectivity index (χ0v) is 16.0. The molecule has 0 radical (unpaired) electrons. The van der Waals surface area contributed by atoms with Crippen molar-refractivity contribution in [1.29, 1.82) is 0 Å². The summed E-state index contributed by atoms with van der Waals surface area (Å²) in [7, 11) is 4.19. The highest BCUT2D eigenvalue weighted by Gasteiger charge is 2.10. The quantitative estimate of drug-likeness (QED) is 0.563. The van der Waals surface area contributed by atoms with Crippen molar-refractivity contribution in [2.24, 2.45) is 0 Å². The van der Waals surface area contributed by atoms with Gasteiger partial charge in [-0.15, -0.1) is 0 Å². The van der Waals surface area contributed by atoms with Crippen LogP contribution >= 0.6 is 0 Å². The van der Waals surface area contributed by atoms with Crippen molar-refractivity contribution in [1.82, 2.24) is 24.4 Å². The molecule has 0 spiro atoms. The number of aryl methyl sites for hydroxylation is 2. The van der Waals surface area contributed by atoms with Gasteiger partial charge in [-0.25, -0.2) is 15.0 Å². The van der Waals surface area contributed by atoms with Crippen molar-refractivity contribution in [3.63, 3.8) is 0 Å². The van der Waals surface area contributed by atoms with Crippen LogP contribution in [0.5, 0.6) is 0 Å². The standard InChI is InChI=1S/C21H24N6/c1-15-6-4-7-16(10-15)25-21-17-11-19-20(12-18(17)22-13-23-21)27(14-24-19)9-5-8-26(2)3/h4,6-7,10-14H,5,8-9H2,1-3H3,(H,22,23,25). The molecule has 0 saturated carbocycles. The number of hydrogen-bond donors (Lipinski definition) is 1. The number of nitrogens with one attached hydrogen (secondary N) is 1. The molecule has 1 N–H and O–H groups in total. The molecule has 27 heavy (non-hydrogen) atoms. The maximum Gasteiger partial charge on any atom is 0.141 e. The average Bonchev–Trinajstić information content (AvgIpc) is 3.02. The van der Waals surface area contributed by atoms with Crippen LogP contribution in [0.15, 0.2) is 49.1 Å². The number of rotatable bonds is 6. The number of benzene rings is 2. The van der Waals surface area contributed by atoms with Gasteiger partial charge in [-0.2, -0.15) is 0 Å². The van der Waals surface area contributed by atoms with Crippen molar-refractivity contribution in [3.05, 3.63) is 54.6 Å². The molecule has 2 aromatic heterocycles. The number of anilines is 2. The minimum Gasteiger partial charge on any atom is -0.340 e. The van der Waals surface area contributed by atoms with Crippen LogP contribution in [0.4, 0.5) is 11.5 Å². The molecule has 0 fully saturated rings. The van der Waals surface area contributed by atoms with Crippen LogP contribution in [-0.2, 0) is 6.54 Å². The highest BCUT2D eigenvalue weighted by atomic mass is 15.1. The van der Waals surface area contributed by atoms with E-state index in [1.807, 2.05) is 18.5 Å². The normalized spacial score (nSPS) is 11.6. The summed E-state index contributed by atoms with van der Waals surface area (Å²) in [6.07, 6.45) is 4.61. The van der Waals surface area contributed by atoms with Gasteiger partial charge in [0, 0.05) is 17.6 Å². The summed E-state index contributed by atoms with van der Waals surface area (Å²) in [6, 6.07) is 12.4. The second-order valence-corrected chi connectivity index (χ2v) is 7.17. The second-order valence-electron chi connectivity index (χ2n) is 7.17. The largest absolute Gasteiger partial charge is 0.340 e. The Morgan fingerprint density at radius 1 is 1.04 bits per heavy atom. The van der Waals surface area contributed by atoms with E-state index in [-0.39, 0.29) is 0 Å². The fourth-order valence-electron chi connectivity index (χ4n) is 3.30. The molecule has 6 nitrogen and oxygen atoms in total. The van der Waals surface area contributed by atoms with Crippen molar-refractivity contribution in [2.75, 3.05) is 26.0 Å². The lowest BCUT2D eigenvalue weighted by Crippen LogP contribution is -2.14. The van der Waals surface area contributed by atoms with Gasteiger partial charge in [-0.05, 0) is 63.8 Å². The molecule has 4 rings (SSSR count). The second kappa shape index (κ2) is 7.32. The third kappa shape index (κ3) is 3.75. The Balaban J connectivity index is 1.69. The number of nitrogens with zero attached hydrogens (tertiary/aromatic N) is 5. The Hall–Kier alpha value is -2.99. The Morgan fingerprint density at radius 3 is 2.74 bits per heavy atom. The number of aromatic nitrogens is 4. The van der Waals surface area contributed by atoms with E-state index in [2.05, 4.69) is 75.0 Å². The molecular formula is C21H24N6. The lowest BCUT2D eigenvalue weighted by Gasteiger charge is -2.11. The molecule has 0 aliphatic rings. The van der Waals surface area contributed by atoms with Gasteiger partial charge in [0.1, 0.15) is 12.1 Å². The lowest BCUT2D eigenvalue weighted by atomic mass is 10.2. The Bertz CT molecular complexity index is 1080. The molecule has 4 aromatic rings. The summed E-state index contributed by atoms with van der Waals surface area (Å²) < 4.78 is 2.20. The molecule has 0 amide bonds. The zero-order valence-electron chi connectivity index (χ0n) is 16.0. The molecule has 0 bridgehead atoms. The summed E-state index contributed by atoms with van der Waals surface area (Å²) >= 11 is 0. The molecule has 0 unspecified atom stereocenters. The maximum absolute atomic E-state index is 4.59. The Morgan fingerprint density at radius 2 is 1.93 bits per heavy atom. The highest BCUT2D eigenvalue weighted by molar-refractivity contribution is 5.99. The third-order valence-corrected chi connectivity index (χ3v) is 4.66. The predicted octanol–water partition coefficient (Wildman–Crippen LogP) is 3.98. The van der Waals surface area contributed by atoms with Gasteiger partial charge in [-0.3, -0.25) is 0 Å². The van der Waals surface area contributed by atoms with E-state index in [1.165, 1.54) is 5.56 Å². The molecule has 138 valence electrons. The lowest BCUT2D eigenvalue weighted by molar-refractivity contribution is 0.387. The van der Waals surface area contributed by atoms with Crippen molar-refractivity contribution in [3.8, 4) is 0 Å². The highest BCUT2D eigenvalue weighted by Crippen LogP contribution is 2.27. The van der Waals surface area contributed by atoms with Gasteiger partial charge in [0.15, 0.2) is 0 Å². The van der Waals surface area contributed by atoms with Crippen molar-refractivity contribution < 1.29 is 0 Å². The van der Waals surface area contributed by atoms with Crippen LogP contribution in [-0.4, -0.2) is 45.1 Å². The van der Waals surface area contributed by atoms with Crippen LogP contribution in [0.2, 0.25) is 0 Å². The third-order valence-electron chi connectivity index (χ3n) is 4.66. The molecule has 0 aliphatic carbocycles. The average molecular weight is 360 g/mol. The summed E-state index contributed by atoms with van der Waals surface area (Å²) in [4.78, 5) is 15.7. The van der Waals surface area contributed by atoms with Gasteiger partial charge < -0.3 is 14.8 Å². The minimum absolute atomic E-state index is 0.801. The summed E-state index contributed by atoms with van der Waals surface area (Å²) in [5.74, 6) is 0.801. The van der Waals surface area contributed by atoms with Crippen LogP contribution in [0.3, 0.4) is 0 Å². The smallest absolute Gasteiger partial charge is 0.141 e. The number of fused-ring (bicyclic) bond motifs is 2. The Kier molecular flexibility index (Phi) is 4.73. The van der Waals surface area contributed by atoms with Crippen LogP contribution in [0.25, 0.3) is 21.9 Å². The molecule has 2 aromatic carbocycles. The van der Waals surface area contributed by atoms with Crippen LogP contribution in [0, 0.1) is 6.92 Å². The van der Waals surface area contributed by atoms with E-state index in [0.29, 0.717) is 0 Å². The maximum atomic E-state index is 4.59. The van der Waals surface area contributed by atoms with E-state index >= 15 is 0 Å². The first-order valence-corrected chi connectivity index (χ1v) is 9.18. The number of imidazole rings is 1. The molecule has 0 atom stereocenters. The van der Waals surface area contributed by atoms with Crippen molar-refractivity contribution >= 4 is 33.4 Å². The topological polar surface area (TPSA) is 58.9 Å². The predicted molar refractivity (Wildman–Crippen MR) is 110 cm³/mol. The monoisotopic (exact) mass is 360 g/mol. The van der Waals surface area contributed by atoms with Gasteiger partial charge in [0.2, 0.25) is 0 Å². The first-order valence-electron chi connectivity index (χ1n) is 9.18. The van der Waals surface area contributed by atoms with Crippen LogP contribution < -0.4 is 5.32 Å². The first-order chi connectivity index (χ1) is 13.1. The van der Waals surface area contributed by atoms with E-state index in [0.717, 1.165) is 53.0 Å². The fraction of sp³-hybridized carbons (Fsp3) is 0.286. The van der Waals surface area contributed by atoms with Gasteiger partial charge >= 0.3 is 0 Å². The summed E-state index contributed by atoms with van der Waals surface area (Å²) in [6.45, 7) is 4.08.